The van der Waals surface area contributed by atoms with E-state index in [1.165, 1.54) is 54.1 Å². The lowest BCUT2D eigenvalue weighted by Crippen LogP contribution is -2.71. The Morgan fingerprint density at radius 3 is 0.940 bits per heavy atom. The lowest BCUT2D eigenvalue weighted by atomic mass is 9.35. The number of fused-ring (bicyclic) bond motifs is 18. The van der Waals surface area contributed by atoms with Gasteiger partial charge in [-0.05, 0) is 136 Å². The molecule has 0 N–H and O–H groups in total. The smallest absolute Gasteiger partial charge is 0.260 e. The molecule has 6 aliphatic heterocycles. The Morgan fingerprint density at radius 1 is 0.269 bits per heavy atom. The molecule has 0 fully saturated rings. The third-order valence-corrected chi connectivity index (χ3v) is 20.4. The molecule has 6 aliphatic rings. The normalized spacial score (nSPS) is 14.5. The van der Waals surface area contributed by atoms with Crippen LogP contribution in [0.3, 0.4) is 0 Å². The number of benzene rings is 10. The van der Waals surface area contributed by atoms with Crippen molar-refractivity contribution in [3.8, 4) is 90.5 Å². The molecular formula is C60H34B2O4Si. The first-order chi connectivity index (χ1) is 33.2. The molecule has 0 amide bonds. The van der Waals surface area contributed by atoms with Gasteiger partial charge in [0.05, 0.1) is 0 Å². The molecule has 0 radical (unpaired) electrons. The van der Waals surface area contributed by atoms with Gasteiger partial charge >= 0.3 is 0 Å². The monoisotopic (exact) mass is 868 g/mol. The van der Waals surface area contributed by atoms with Crippen molar-refractivity contribution in [2.45, 2.75) is 0 Å². The molecule has 10 aromatic rings. The Bertz CT molecular complexity index is 3490. The Labute approximate surface area is 388 Å². The van der Waals surface area contributed by atoms with Crippen LogP contribution in [0.25, 0.3) is 44.5 Å². The van der Waals surface area contributed by atoms with Gasteiger partial charge in [0, 0.05) is 10.9 Å². The number of rotatable bonds is 2. The maximum Gasteiger partial charge on any atom is 0.260 e. The molecule has 10 aromatic carbocycles. The Kier molecular flexibility index (Phi) is 6.97. The van der Waals surface area contributed by atoms with Crippen LogP contribution >= 0.6 is 0 Å². The molecule has 0 aliphatic carbocycles. The summed E-state index contributed by atoms with van der Waals surface area (Å²) in [5.41, 5.74) is 16.5. The van der Waals surface area contributed by atoms with E-state index in [0.29, 0.717) is 0 Å². The summed E-state index contributed by atoms with van der Waals surface area (Å²) in [7, 11) is -3.13. The molecule has 6 heterocycles. The van der Waals surface area contributed by atoms with Crippen LogP contribution in [0.4, 0.5) is 0 Å². The molecule has 0 atom stereocenters. The van der Waals surface area contributed by atoms with E-state index in [1.54, 1.807) is 0 Å². The van der Waals surface area contributed by atoms with Gasteiger partial charge in [-0.1, -0.05) is 158 Å². The van der Waals surface area contributed by atoms with E-state index in [0.717, 1.165) is 89.9 Å². The van der Waals surface area contributed by atoms with Crippen LogP contribution in [0, 0.1) is 0 Å². The molecular weight excluding hydrogens is 834 g/mol. The summed E-state index contributed by atoms with van der Waals surface area (Å²) in [4.78, 5) is 0. The summed E-state index contributed by atoms with van der Waals surface area (Å²) in [5.74, 6) is 6.90. The predicted molar refractivity (Wildman–Crippen MR) is 274 cm³/mol. The van der Waals surface area contributed by atoms with Gasteiger partial charge in [0.15, 0.2) is 8.07 Å². The van der Waals surface area contributed by atoms with E-state index in [2.05, 4.69) is 206 Å². The molecule has 7 heteroatoms. The van der Waals surface area contributed by atoms with Crippen molar-refractivity contribution in [3.05, 3.63) is 206 Å². The molecule has 0 bridgehead atoms. The molecule has 0 saturated heterocycles. The van der Waals surface area contributed by atoms with Gasteiger partial charge in [0.25, 0.3) is 13.4 Å². The van der Waals surface area contributed by atoms with Gasteiger partial charge in [0.1, 0.15) is 46.0 Å². The van der Waals surface area contributed by atoms with E-state index in [-0.39, 0.29) is 13.4 Å². The number of hydrogen-bond acceptors (Lipinski definition) is 4. The third kappa shape index (κ3) is 4.59. The second kappa shape index (κ2) is 13.0. The molecule has 308 valence electrons. The first-order valence-electron chi connectivity index (χ1n) is 23.1. The highest BCUT2D eigenvalue weighted by Gasteiger charge is 2.56. The van der Waals surface area contributed by atoms with Crippen LogP contribution < -0.4 is 72.5 Å². The van der Waals surface area contributed by atoms with Crippen LogP contribution in [-0.2, 0) is 0 Å². The van der Waals surface area contributed by atoms with Crippen LogP contribution in [-0.4, -0.2) is 21.5 Å². The zero-order valence-corrected chi connectivity index (χ0v) is 36.9. The quantitative estimate of drug-likeness (QED) is 0.166. The second-order valence-corrected chi connectivity index (χ2v) is 22.1. The van der Waals surface area contributed by atoms with E-state index >= 15 is 0 Å². The number of ether oxygens (including phenoxy) is 4. The van der Waals surface area contributed by atoms with E-state index < -0.39 is 8.07 Å². The van der Waals surface area contributed by atoms with Crippen molar-refractivity contribution in [2.24, 2.45) is 0 Å². The van der Waals surface area contributed by atoms with Crippen molar-refractivity contribution in [3.63, 3.8) is 0 Å². The van der Waals surface area contributed by atoms with Crippen LogP contribution in [0.2, 0.25) is 0 Å². The highest BCUT2D eigenvalue weighted by molar-refractivity contribution is 7.25. The maximum absolute atomic E-state index is 6.92. The van der Waals surface area contributed by atoms with Crippen LogP contribution in [0.5, 0.6) is 46.0 Å². The number of para-hydroxylation sites is 4. The average molecular weight is 869 g/mol. The summed E-state index contributed by atoms with van der Waals surface area (Å²) in [6, 6.07) is 75.2. The summed E-state index contributed by atoms with van der Waals surface area (Å²) in [6.07, 6.45) is 0. The van der Waals surface area contributed by atoms with Crippen molar-refractivity contribution < 1.29 is 18.9 Å². The molecule has 67 heavy (non-hydrogen) atoms. The highest BCUT2D eigenvalue weighted by Crippen LogP contribution is 2.45. The Morgan fingerprint density at radius 2 is 0.567 bits per heavy atom. The first kappa shape index (κ1) is 36.0. The summed E-state index contributed by atoms with van der Waals surface area (Å²) in [6.45, 7) is 0.00666. The maximum atomic E-state index is 6.92. The van der Waals surface area contributed by atoms with E-state index in [4.69, 9.17) is 18.9 Å². The fourth-order valence-corrected chi connectivity index (χ4v) is 18.9. The van der Waals surface area contributed by atoms with E-state index in [1.807, 2.05) is 0 Å². The van der Waals surface area contributed by atoms with Gasteiger partial charge in [-0.2, -0.15) is 0 Å². The molecule has 16 rings (SSSR count). The largest absolute Gasteiger partial charge is 0.458 e. The summed E-state index contributed by atoms with van der Waals surface area (Å²) in [5, 5.41) is 5.59. The van der Waals surface area contributed by atoms with E-state index in [9.17, 15) is 0 Å². The Balaban J connectivity index is 0.965. The fraction of sp³-hybridized carbons (Fsp3) is 0. The highest BCUT2D eigenvalue weighted by atomic mass is 28.3. The van der Waals surface area contributed by atoms with Crippen molar-refractivity contribution >= 4 is 75.0 Å². The minimum Gasteiger partial charge on any atom is -0.458 e. The van der Waals surface area contributed by atoms with Gasteiger partial charge < -0.3 is 18.9 Å². The summed E-state index contributed by atoms with van der Waals surface area (Å²) >= 11 is 0. The van der Waals surface area contributed by atoms with Crippen molar-refractivity contribution in [1.29, 1.82) is 0 Å². The van der Waals surface area contributed by atoms with Crippen LogP contribution in [0.15, 0.2) is 206 Å². The minimum atomic E-state index is -3.13. The minimum absolute atomic E-state index is 0.00333. The summed E-state index contributed by atoms with van der Waals surface area (Å²) < 4.78 is 27.7. The molecule has 0 unspecified atom stereocenters. The predicted octanol–water partition coefficient (Wildman–Crippen LogP) is 7.81. The first-order valence-corrected chi connectivity index (χ1v) is 25.1. The average Bonchev–Trinajstić information content (AvgIpc) is 3.86. The Hall–Kier alpha value is -8.25. The van der Waals surface area contributed by atoms with Gasteiger partial charge in [-0.25, -0.2) is 0 Å². The van der Waals surface area contributed by atoms with Gasteiger partial charge in [0.2, 0.25) is 0 Å². The van der Waals surface area contributed by atoms with Gasteiger partial charge in [-0.15, -0.1) is 0 Å². The molecule has 4 nitrogen and oxygen atoms in total. The molecule has 1 spiro atoms. The zero-order chi connectivity index (χ0) is 43.5. The lowest BCUT2D eigenvalue weighted by molar-refractivity contribution is 0.464. The molecule has 0 aromatic heterocycles. The SMILES string of the molecule is c1ccc2c(c1)Oc1cc(-c3cccc4c3[Si]3(c5ccccc5-c5ccccc53)c3c(-c5cc6c7c(c5)Oc5ccccc5B7c5ccccc5O6)cccc3-4)cc3c1B2c1ccccc1O3. The van der Waals surface area contributed by atoms with Crippen molar-refractivity contribution in [1.82, 2.24) is 0 Å². The van der Waals surface area contributed by atoms with Gasteiger partial charge in [-0.3, -0.25) is 0 Å². The number of hydrogen-bond donors (Lipinski definition) is 0. The second-order valence-electron chi connectivity index (χ2n) is 18.5. The lowest BCUT2D eigenvalue weighted by Gasteiger charge is -2.34. The standard InChI is InChI=1S/C60H34B2O4Si/c1-11-29-55-39(15-1)40-16-2-12-30-56(40)67(55)59-37(35-31-51-57-52(32-35)64-48-26-8-4-22-44(48)61(57)43-21-3-7-25-47(43)63-51)17-13-19-41(59)42-20-14-18-38(60(42)67)36-33-53-58-54(34-36)66-50-28-10-6-24-46(50)62(58)45-23-5-9-27-49(45)65-53/h1-34H. The van der Waals surface area contributed by atoms with Crippen molar-refractivity contribution in [2.75, 3.05) is 0 Å². The molecule has 0 saturated carbocycles. The zero-order valence-electron chi connectivity index (χ0n) is 35.9. The fourth-order valence-electron chi connectivity index (χ4n) is 12.8. The topological polar surface area (TPSA) is 36.9 Å². The van der Waals surface area contributed by atoms with Crippen LogP contribution in [0.1, 0.15) is 0 Å². The third-order valence-electron chi connectivity index (χ3n) is 15.3.